The maximum Gasteiger partial charge on any atom is 0.231 e. The van der Waals surface area contributed by atoms with Gasteiger partial charge in [0.15, 0.2) is 11.5 Å². The molecule has 7 heteroatoms. The fourth-order valence-electron chi connectivity index (χ4n) is 1.79. The minimum atomic E-state index is 0.102. The lowest BCUT2D eigenvalue weighted by molar-refractivity contribution is 0.174. The molecule has 0 amide bonds. The molecule has 0 saturated heterocycles. The van der Waals surface area contributed by atoms with Gasteiger partial charge in [-0.25, -0.2) is 0 Å². The van der Waals surface area contributed by atoms with E-state index < -0.39 is 0 Å². The third kappa shape index (κ3) is 2.51. The summed E-state index contributed by atoms with van der Waals surface area (Å²) in [4.78, 5) is 7.86. The van der Waals surface area contributed by atoms with Crippen LogP contribution in [0.4, 0.5) is 5.95 Å². The molecule has 0 saturated carbocycles. The molecule has 20 heavy (non-hydrogen) atoms. The molecule has 0 bridgehead atoms. The molecule has 7 nitrogen and oxygen atoms in total. The van der Waals surface area contributed by atoms with Crippen LogP contribution in [0.5, 0.6) is 23.3 Å². The molecule has 2 aromatic rings. The van der Waals surface area contributed by atoms with E-state index in [4.69, 9.17) is 24.7 Å². The van der Waals surface area contributed by atoms with Crippen molar-refractivity contribution in [3.8, 4) is 23.3 Å². The Morgan fingerprint density at radius 3 is 2.80 bits per heavy atom. The van der Waals surface area contributed by atoms with Gasteiger partial charge in [-0.1, -0.05) is 6.07 Å². The summed E-state index contributed by atoms with van der Waals surface area (Å²) in [6, 6.07) is 7.18. The van der Waals surface area contributed by atoms with E-state index >= 15 is 0 Å². The van der Waals surface area contributed by atoms with Gasteiger partial charge in [0.2, 0.25) is 24.5 Å². The molecule has 0 fully saturated rings. The van der Waals surface area contributed by atoms with Crippen LogP contribution in [-0.4, -0.2) is 23.9 Å². The Kier molecular flexibility index (Phi) is 3.16. The Hall–Kier alpha value is -2.70. The zero-order chi connectivity index (χ0) is 13.9. The Labute approximate surface area is 115 Å². The standard InChI is InChI=1S/C13H13N3O4/c1-17-11-5-12(16-13(14)15-11)18-6-8-2-3-9-10(4-8)20-7-19-9/h2-5H,6-7H2,1H3,(H2,14,15,16). The molecular weight excluding hydrogens is 262 g/mol. The van der Waals surface area contributed by atoms with Gasteiger partial charge in [0, 0.05) is 0 Å². The molecule has 0 unspecified atom stereocenters. The first-order valence-corrected chi connectivity index (χ1v) is 5.94. The second-order valence-corrected chi connectivity index (χ2v) is 4.08. The molecule has 1 aliphatic heterocycles. The highest BCUT2D eigenvalue weighted by molar-refractivity contribution is 5.44. The van der Waals surface area contributed by atoms with Crippen molar-refractivity contribution in [2.45, 2.75) is 6.61 Å². The quantitative estimate of drug-likeness (QED) is 0.901. The number of hydrogen-bond acceptors (Lipinski definition) is 7. The van der Waals surface area contributed by atoms with E-state index in [2.05, 4.69) is 9.97 Å². The monoisotopic (exact) mass is 275 g/mol. The minimum Gasteiger partial charge on any atom is -0.481 e. The molecule has 2 N–H and O–H groups in total. The topological polar surface area (TPSA) is 88.7 Å². The summed E-state index contributed by atoms with van der Waals surface area (Å²) in [5.41, 5.74) is 6.49. The summed E-state index contributed by atoms with van der Waals surface area (Å²) in [5.74, 6) is 2.27. The van der Waals surface area contributed by atoms with Gasteiger partial charge >= 0.3 is 0 Å². The lowest BCUT2D eigenvalue weighted by Crippen LogP contribution is -2.02. The van der Waals surface area contributed by atoms with Crippen LogP contribution in [0.2, 0.25) is 0 Å². The average Bonchev–Trinajstić information content (AvgIpc) is 2.92. The summed E-state index contributed by atoms with van der Waals surface area (Å²) in [6.45, 7) is 0.579. The van der Waals surface area contributed by atoms with Gasteiger partial charge in [0.05, 0.1) is 13.2 Å². The van der Waals surface area contributed by atoms with Gasteiger partial charge in [0.25, 0.3) is 0 Å². The molecule has 3 rings (SSSR count). The second-order valence-electron chi connectivity index (χ2n) is 4.08. The summed E-state index contributed by atoms with van der Waals surface area (Å²) in [7, 11) is 1.50. The first-order valence-electron chi connectivity index (χ1n) is 5.94. The van der Waals surface area contributed by atoms with Crippen molar-refractivity contribution in [1.82, 2.24) is 9.97 Å². The SMILES string of the molecule is COc1cc(OCc2ccc3c(c2)OCO3)nc(N)n1. The fraction of sp³-hybridized carbons (Fsp3) is 0.231. The van der Waals surface area contributed by atoms with Crippen LogP contribution in [0.15, 0.2) is 24.3 Å². The van der Waals surface area contributed by atoms with E-state index in [1.165, 1.54) is 7.11 Å². The van der Waals surface area contributed by atoms with Crippen molar-refractivity contribution in [3.63, 3.8) is 0 Å². The van der Waals surface area contributed by atoms with Crippen molar-refractivity contribution in [1.29, 1.82) is 0 Å². The zero-order valence-electron chi connectivity index (χ0n) is 10.8. The predicted molar refractivity (Wildman–Crippen MR) is 69.9 cm³/mol. The Morgan fingerprint density at radius 1 is 1.15 bits per heavy atom. The molecule has 1 aliphatic rings. The van der Waals surface area contributed by atoms with E-state index in [1.807, 2.05) is 18.2 Å². The first-order chi connectivity index (χ1) is 9.74. The maximum atomic E-state index is 5.57. The van der Waals surface area contributed by atoms with Gasteiger partial charge in [-0.05, 0) is 17.7 Å². The molecule has 2 heterocycles. The number of nitrogen functional groups attached to an aromatic ring is 1. The lowest BCUT2D eigenvalue weighted by Gasteiger charge is -2.07. The van der Waals surface area contributed by atoms with Crippen molar-refractivity contribution in [2.75, 3.05) is 19.6 Å². The van der Waals surface area contributed by atoms with Crippen LogP contribution >= 0.6 is 0 Å². The number of aromatic nitrogens is 2. The first kappa shape index (κ1) is 12.3. The number of rotatable bonds is 4. The van der Waals surface area contributed by atoms with Gasteiger partial charge in [0.1, 0.15) is 6.61 Å². The van der Waals surface area contributed by atoms with Gasteiger partial charge in [-0.2, -0.15) is 9.97 Å². The number of methoxy groups -OCH3 is 1. The van der Waals surface area contributed by atoms with Gasteiger partial charge in [-0.3, -0.25) is 0 Å². The summed E-state index contributed by atoms with van der Waals surface area (Å²) in [6.07, 6.45) is 0. The average molecular weight is 275 g/mol. The zero-order valence-corrected chi connectivity index (χ0v) is 10.8. The lowest BCUT2D eigenvalue weighted by atomic mass is 10.2. The van der Waals surface area contributed by atoms with Crippen LogP contribution in [-0.2, 0) is 6.61 Å². The van der Waals surface area contributed by atoms with Crippen LogP contribution < -0.4 is 24.7 Å². The van der Waals surface area contributed by atoms with E-state index in [0.717, 1.165) is 11.3 Å². The number of nitrogens with two attached hydrogens (primary N) is 1. The summed E-state index contributed by atoms with van der Waals surface area (Å²) in [5, 5.41) is 0. The van der Waals surface area contributed by atoms with Crippen molar-refractivity contribution < 1.29 is 18.9 Å². The highest BCUT2D eigenvalue weighted by Gasteiger charge is 2.13. The molecule has 104 valence electrons. The number of benzene rings is 1. The van der Waals surface area contributed by atoms with Crippen LogP contribution in [0.25, 0.3) is 0 Å². The smallest absolute Gasteiger partial charge is 0.231 e. The predicted octanol–water partition coefficient (Wildman–Crippen LogP) is 1.38. The number of ether oxygens (including phenoxy) is 4. The second kappa shape index (κ2) is 5.12. The van der Waals surface area contributed by atoms with Crippen LogP contribution in [0.1, 0.15) is 5.56 Å². The van der Waals surface area contributed by atoms with Crippen molar-refractivity contribution in [3.05, 3.63) is 29.8 Å². The number of hydrogen-bond donors (Lipinski definition) is 1. The number of fused-ring (bicyclic) bond motifs is 1. The highest BCUT2D eigenvalue weighted by atomic mass is 16.7. The third-order valence-corrected chi connectivity index (χ3v) is 2.73. The molecular formula is C13H13N3O4. The largest absolute Gasteiger partial charge is 0.481 e. The molecule has 0 atom stereocenters. The van der Waals surface area contributed by atoms with Gasteiger partial charge in [-0.15, -0.1) is 0 Å². The highest BCUT2D eigenvalue weighted by Crippen LogP contribution is 2.32. The molecule has 1 aromatic heterocycles. The Morgan fingerprint density at radius 2 is 1.95 bits per heavy atom. The summed E-state index contributed by atoms with van der Waals surface area (Å²) < 4.78 is 21.1. The van der Waals surface area contributed by atoms with Gasteiger partial charge < -0.3 is 24.7 Å². The Balaban J connectivity index is 1.71. The fourth-order valence-corrected chi connectivity index (χ4v) is 1.79. The molecule has 0 aliphatic carbocycles. The Bertz CT molecular complexity index is 633. The maximum absolute atomic E-state index is 5.57. The van der Waals surface area contributed by atoms with Crippen LogP contribution in [0, 0.1) is 0 Å². The molecule has 0 spiro atoms. The normalized spacial score (nSPS) is 12.2. The minimum absolute atomic E-state index is 0.102. The van der Waals surface area contributed by atoms with Crippen LogP contribution in [0.3, 0.4) is 0 Å². The van der Waals surface area contributed by atoms with E-state index in [9.17, 15) is 0 Å². The molecule has 1 aromatic carbocycles. The number of anilines is 1. The van der Waals surface area contributed by atoms with Crippen molar-refractivity contribution in [2.24, 2.45) is 0 Å². The van der Waals surface area contributed by atoms with Crippen molar-refractivity contribution >= 4 is 5.95 Å². The summed E-state index contributed by atoms with van der Waals surface area (Å²) >= 11 is 0. The van der Waals surface area contributed by atoms with E-state index in [1.54, 1.807) is 6.07 Å². The van der Waals surface area contributed by atoms with E-state index in [-0.39, 0.29) is 12.7 Å². The third-order valence-electron chi connectivity index (χ3n) is 2.73. The van der Waals surface area contributed by atoms with E-state index in [0.29, 0.717) is 24.1 Å². The molecule has 0 radical (unpaired) electrons. The number of nitrogens with zero attached hydrogens (tertiary/aromatic N) is 2.